The Morgan fingerprint density at radius 1 is 1.14 bits per heavy atom. The van der Waals surface area contributed by atoms with Gasteiger partial charge >= 0.3 is 0 Å². The molecule has 112 valence electrons. The molecule has 2 aromatic carbocycles. The highest BCUT2D eigenvalue weighted by Gasteiger charge is 2.15. The molecule has 0 unspecified atom stereocenters. The Hall–Kier alpha value is -2.67. The molecule has 0 radical (unpaired) electrons. The first-order valence-electron chi connectivity index (χ1n) is 6.47. The molecule has 1 aromatic heterocycles. The summed E-state index contributed by atoms with van der Waals surface area (Å²) in [6, 6.07) is 10.5. The van der Waals surface area contributed by atoms with Gasteiger partial charge in [-0.3, -0.25) is 4.79 Å². The minimum atomic E-state index is -0.278. The van der Waals surface area contributed by atoms with E-state index in [9.17, 15) is 4.79 Å². The van der Waals surface area contributed by atoms with E-state index in [-0.39, 0.29) is 5.91 Å². The highest BCUT2D eigenvalue weighted by Crippen LogP contribution is 2.27. The summed E-state index contributed by atoms with van der Waals surface area (Å²) < 4.78 is 18.7. The molecule has 0 fully saturated rings. The Balaban J connectivity index is 1.93. The number of amides is 1. The summed E-state index contributed by atoms with van der Waals surface area (Å²) in [4.78, 5) is 12.5. The molecule has 0 aliphatic carbocycles. The van der Waals surface area contributed by atoms with E-state index < -0.39 is 0 Å². The van der Waals surface area contributed by atoms with Crippen molar-refractivity contribution in [3.63, 3.8) is 0 Å². The molecule has 1 N–H and O–H groups in total. The topological polar surface area (TPSA) is 73.3 Å². The van der Waals surface area contributed by atoms with Gasteiger partial charge in [0, 0.05) is 6.07 Å². The van der Waals surface area contributed by atoms with Crippen molar-refractivity contribution in [1.29, 1.82) is 0 Å². The number of benzene rings is 2. The van der Waals surface area contributed by atoms with E-state index in [2.05, 4.69) is 14.1 Å². The number of nitrogens with zero attached hydrogens (tertiary/aromatic N) is 2. The van der Waals surface area contributed by atoms with Gasteiger partial charge in [-0.25, -0.2) is 0 Å². The fourth-order valence-electron chi connectivity index (χ4n) is 2.08. The first-order valence-corrected chi connectivity index (χ1v) is 7.20. The Labute approximate surface area is 131 Å². The smallest absolute Gasteiger partial charge is 0.259 e. The lowest BCUT2D eigenvalue weighted by molar-refractivity contribution is 0.102. The Bertz CT molecular complexity index is 832. The molecule has 0 saturated carbocycles. The molecule has 0 saturated heterocycles. The van der Waals surface area contributed by atoms with Crippen molar-refractivity contribution in [2.45, 2.75) is 0 Å². The zero-order valence-corrected chi connectivity index (χ0v) is 12.8. The van der Waals surface area contributed by atoms with Crippen LogP contribution in [0.5, 0.6) is 11.5 Å². The lowest BCUT2D eigenvalue weighted by Crippen LogP contribution is -2.13. The fraction of sp³-hybridized carbons (Fsp3) is 0.133. The van der Waals surface area contributed by atoms with Gasteiger partial charge in [0.1, 0.15) is 22.5 Å². The van der Waals surface area contributed by atoms with Crippen LogP contribution in [-0.2, 0) is 0 Å². The lowest BCUT2D eigenvalue weighted by Gasteiger charge is -2.11. The number of methoxy groups -OCH3 is 2. The molecule has 6 nitrogen and oxygen atoms in total. The normalized spacial score (nSPS) is 10.5. The van der Waals surface area contributed by atoms with Crippen LogP contribution in [0.4, 0.5) is 5.69 Å². The van der Waals surface area contributed by atoms with E-state index in [0.29, 0.717) is 28.3 Å². The van der Waals surface area contributed by atoms with Gasteiger partial charge in [0.25, 0.3) is 5.91 Å². The number of aromatic nitrogens is 2. The molecule has 0 aliphatic rings. The number of carbonyl (C=O) groups is 1. The molecular weight excluding hydrogens is 302 g/mol. The van der Waals surface area contributed by atoms with E-state index in [0.717, 1.165) is 17.2 Å². The molecule has 0 bridgehead atoms. The van der Waals surface area contributed by atoms with Crippen LogP contribution in [0.25, 0.3) is 11.0 Å². The standard InChI is InChI=1S/C15H13N3O3S/c1-20-9-6-7-10(13(8-9)21-2)15(19)16-11-4-3-5-12-14(11)18-22-17-12/h3-8H,1-2H3,(H,16,19). The zero-order valence-electron chi connectivity index (χ0n) is 12.0. The van der Waals surface area contributed by atoms with Crippen molar-refractivity contribution in [2.24, 2.45) is 0 Å². The molecule has 22 heavy (non-hydrogen) atoms. The van der Waals surface area contributed by atoms with E-state index in [1.54, 1.807) is 31.4 Å². The van der Waals surface area contributed by atoms with Crippen molar-refractivity contribution in [3.8, 4) is 11.5 Å². The number of anilines is 1. The largest absolute Gasteiger partial charge is 0.497 e. The zero-order chi connectivity index (χ0) is 15.5. The van der Waals surface area contributed by atoms with Gasteiger partial charge in [-0.05, 0) is 24.3 Å². The van der Waals surface area contributed by atoms with E-state index in [1.807, 2.05) is 12.1 Å². The summed E-state index contributed by atoms with van der Waals surface area (Å²) in [6.07, 6.45) is 0. The number of hydrogen-bond donors (Lipinski definition) is 1. The third-order valence-corrected chi connectivity index (χ3v) is 3.73. The second-order valence-electron chi connectivity index (χ2n) is 4.46. The average molecular weight is 315 g/mol. The van der Waals surface area contributed by atoms with Gasteiger partial charge in [0.15, 0.2) is 0 Å². The number of rotatable bonds is 4. The van der Waals surface area contributed by atoms with Crippen molar-refractivity contribution in [1.82, 2.24) is 8.75 Å². The summed E-state index contributed by atoms with van der Waals surface area (Å²) in [6.45, 7) is 0. The quantitative estimate of drug-likeness (QED) is 0.801. The summed E-state index contributed by atoms with van der Waals surface area (Å²) in [5.41, 5.74) is 2.47. The highest BCUT2D eigenvalue weighted by molar-refractivity contribution is 7.00. The van der Waals surface area contributed by atoms with Gasteiger partial charge in [0.05, 0.1) is 37.2 Å². The number of fused-ring (bicyclic) bond motifs is 1. The van der Waals surface area contributed by atoms with Crippen molar-refractivity contribution in [2.75, 3.05) is 19.5 Å². The maximum absolute atomic E-state index is 12.5. The van der Waals surface area contributed by atoms with Crippen LogP contribution in [0, 0.1) is 0 Å². The van der Waals surface area contributed by atoms with Crippen LogP contribution in [0.15, 0.2) is 36.4 Å². The Kier molecular flexibility index (Phi) is 3.88. The highest BCUT2D eigenvalue weighted by atomic mass is 32.1. The minimum Gasteiger partial charge on any atom is -0.497 e. The first kappa shape index (κ1) is 14.3. The number of hydrogen-bond acceptors (Lipinski definition) is 6. The van der Waals surface area contributed by atoms with Crippen LogP contribution in [0.2, 0.25) is 0 Å². The summed E-state index contributed by atoms with van der Waals surface area (Å²) in [7, 11) is 3.07. The number of nitrogens with one attached hydrogen (secondary N) is 1. The van der Waals surface area contributed by atoms with Crippen molar-refractivity contribution < 1.29 is 14.3 Å². The van der Waals surface area contributed by atoms with Gasteiger partial charge in [-0.15, -0.1) is 0 Å². The van der Waals surface area contributed by atoms with Gasteiger partial charge in [0.2, 0.25) is 0 Å². The van der Waals surface area contributed by atoms with Crippen molar-refractivity contribution in [3.05, 3.63) is 42.0 Å². The van der Waals surface area contributed by atoms with Crippen LogP contribution in [-0.4, -0.2) is 28.9 Å². The van der Waals surface area contributed by atoms with E-state index >= 15 is 0 Å². The van der Waals surface area contributed by atoms with Crippen LogP contribution in [0.1, 0.15) is 10.4 Å². The SMILES string of the molecule is COc1ccc(C(=O)Nc2cccc3nsnc23)c(OC)c1. The Morgan fingerprint density at radius 3 is 2.77 bits per heavy atom. The first-order chi connectivity index (χ1) is 10.7. The molecule has 3 aromatic rings. The van der Waals surface area contributed by atoms with Crippen LogP contribution in [0.3, 0.4) is 0 Å². The molecule has 0 aliphatic heterocycles. The third-order valence-electron chi connectivity index (χ3n) is 3.19. The number of carbonyl (C=O) groups excluding carboxylic acids is 1. The van der Waals surface area contributed by atoms with E-state index in [4.69, 9.17) is 9.47 Å². The Morgan fingerprint density at radius 2 is 2.00 bits per heavy atom. The van der Waals surface area contributed by atoms with Crippen molar-refractivity contribution >= 4 is 34.4 Å². The summed E-state index contributed by atoms with van der Waals surface area (Å²) in [5.74, 6) is 0.791. The predicted octanol–water partition coefficient (Wildman–Crippen LogP) is 2.96. The molecule has 1 amide bonds. The van der Waals surface area contributed by atoms with Crippen LogP contribution < -0.4 is 14.8 Å². The molecule has 7 heteroatoms. The second kappa shape index (κ2) is 5.98. The maximum atomic E-state index is 12.5. The third kappa shape index (κ3) is 2.58. The second-order valence-corrected chi connectivity index (χ2v) is 4.99. The van der Waals surface area contributed by atoms with Gasteiger partial charge in [-0.2, -0.15) is 8.75 Å². The maximum Gasteiger partial charge on any atom is 0.259 e. The molecular formula is C15H13N3O3S. The van der Waals surface area contributed by atoms with Crippen LogP contribution >= 0.6 is 11.7 Å². The molecule has 0 atom stereocenters. The van der Waals surface area contributed by atoms with Gasteiger partial charge < -0.3 is 14.8 Å². The summed E-state index contributed by atoms with van der Waals surface area (Å²) in [5, 5.41) is 2.84. The average Bonchev–Trinajstić information content (AvgIpc) is 3.03. The predicted molar refractivity (Wildman–Crippen MR) is 84.9 cm³/mol. The van der Waals surface area contributed by atoms with Gasteiger partial charge in [-0.1, -0.05) is 6.07 Å². The lowest BCUT2D eigenvalue weighted by atomic mass is 10.1. The molecule has 0 spiro atoms. The van der Waals surface area contributed by atoms with E-state index in [1.165, 1.54) is 7.11 Å². The minimum absolute atomic E-state index is 0.278. The number of ether oxygens (including phenoxy) is 2. The molecule has 1 heterocycles. The fourth-order valence-corrected chi connectivity index (χ4v) is 2.63. The monoisotopic (exact) mass is 315 g/mol. The summed E-state index contributed by atoms with van der Waals surface area (Å²) >= 11 is 1.11. The molecule has 3 rings (SSSR count).